The van der Waals surface area contributed by atoms with Crippen molar-refractivity contribution in [3.05, 3.63) is 30.7 Å². The fourth-order valence-corrected chi connectivity index (χ4v) is 4.19. The van der Waals surface area contributed by atoms with Crippen LogP contribution in [0.5, 0.6) is 0 Å². The third-order valence-corrected chi connectivity index (χ3v) is 5.77. The van der Waals surface area contributed by atoms with Gasteiger partial charge in [-0.15, -0.1) is 10.2 Å². The average molecular weight is 397 g/mol. The molecule has 1 aliphatic rings. The van der Waals surface area contributed by atoms with E-state index in [1.54, 1.807) is 16.9 Å². The first-order valence-corrected chi connectivity index (χ1v) is 10.6. The van der Waals surface area contributed by atoms with E-state index in [-0.39, 0.29) is 6.04 Å². The van der Waals surface area contributed by atoms with Crippen LogP contribution in [0.1, 0.15) is 6.92 Å². The average Bonchev–Trinajstić information content (AvgIpc) is 3.34. The summed E-state index contributed by atoms with van der Waals surface area (Å²) >= 11 is 0. The molecule has 0 bridgehead atoms. The molecule has 1 N–H and O–H groups in total. The third-order valence-electron chi connectivity index (χ3n) is 4.98. The first-order chi connectivity index (χ1) is 13.6. The molecule has 28 heavy (non-hydrogen) atoms. The highest BCUT2D eigenvalue weighted by Crippen LogP contribution is 2.31. The van der Waals surface area contributed by atoms with E-state index in [9.17, 15) is 4.21 Å². The molecule has 0 amide bonds. The molecule has 0 spiro atoms. The molecule has 4 aromatic heterocycles. The van der Waals surface area contributed by atoms with Gasteiger partial charge in [-0.25, -0.2) is 9.97 Å². The zero-order chi connectivity index (χ0) is 19.3. The first-order valence-electron chi connectivity index (χ1n) is 8.99. The van der Waals surface area contributed by atoms with Gasteiger partial charge in [0.05, 0.1) is 36.3 Å². The third kappa shape index (κ3) is 2.68. The number of fused-ring (bicyclic) bond motifs is 2. The molecular weight excluding hydrogens is 378 g/mol. The number of nitrogens with one attached hydrogen (secondary N) is 1. The number of hydrogen-bond donors (Lipinski definition) is 1. The molecule has 9 nitrogen and oxygen atoms in total. The van der Waals surface area contributed by atoms with Gasteiger partial charge in [0.1, 0.15) is 17.2 Å². The Morgan fingerprint density at radius 2 is 2.21 bits per heavy atom. The van der Waals surface area contributed by atoms with Crippen molar-refractivity contribution in [3.8, 4) is 11.3 Å². The standard InChI is InChI=1S/C18H19N7O2S/c1-11-10-27-8-7-24(11)14-9-25-17(22-23-18(25)28(2)26)15(21-14)12-3-5-19-16-13(12)4-6-20-16/h3-6,9,11H,7-8,10H2,1-2H3,(H,19,20). The van der Waals surface area contributed by atoms with Crippen LogP contribution >= 0.6 is 0 Å². The quantitative estimate of drug-likeness (QED) is 0.561. The normalized spacial score (nSPS) is 18.8. The van der Waals surface area contributed by atoms with Gasteiger partial charge in [0.15, 0.2) is 5.65 Å². The van der Waals surface area contributed by atoms with Gasteiger partial charge < -0.3 is 14.6 Å². The summed E-state index contributed by atoms with van der Waals surface area (Å²) in [6, 6.07) is 4.07. The van der Waals surface area contributed by atoms with E-state index >= 15 is 0 Å². The fraction of sp³-hybridized carbons (Fsp3) is 0.333. The molecule has 1 saturated heterocycles. The van der Waals surface area contributed by atoms with E-state index in [1.165, 1.54) is 0 Å². The Morgan fingerprint density at radius 3 is 3.04 bits per heavy atom. The number of morpholine rings is 1. The molecule has 144 valence electrons. The summed E-state index contributed by atoms with van der Waals surface area (Å²) in [5, 5.41) is 9.81. The zero-order valence-electron chi connectivity index (χ0n) is 15.5. The highest BCUT2D eigenvalue weighted by atomic mass is 32.2. The molecule has 1 fully saturated rings. The lowest BCUT2D eigenvalue weighted by atomic mass is 10.1. The Morgan fingerprint density at radius 1 is 1.32 bits per heavy atom. The number of pyridine rings is 1. The Kier molecular flexibility index (Phi) is 4.09. The Balaban J connectivity index is 1.80. The molecule has 1 aliphatic heterocycles. The molecule has 5 heterocycles. The largest absolute Gasteiger partial charge is 0.377 e. The number of aromatic nitrogens is 6. The first kappa shape index (κ1) is 17.3. The molecule has 2 unspecified atom stereocenters. The molecule has 4 aromatic rings. The lowest BCUT2D eigenvalue weighted by Crippen LogP contribution is -2.44. The zero-order valence-corrected chi connectivity index (χ0v) is 16.3. The summed E-state index contributed by atoms with van der Waals surface area (Å²) in [5.41, 5.74) is 2.94. The maximum atomic E-state index is 12.2. The van der Waals surface area contributed by atoms with Gasteiger partial charge in [0.25, 0.3) is 0 Å². The monoisotopic (exact) mass is 397 g/mol. The van der Waals surface area contributed by atoms with Crippen molar-refractivity contribution in [2.24, 2.45) is 0 Å². The lowest BCUT2D eigenvalue weighted by molar-refractivity contribution is 0.0985. The van der Waals surface area contributed by atoms with E-state index in [2.05, 4.69) is 32.0 Å². The Bertz CT molecular complexity index is 1200. The van der Waals surface area contributed by atoms with Crippen LogP contribution in [0.2, 0.25) is 0 Å². The van der Waals surface area contributed by atoms with Crippen LogP contribution in [-0.2, 0) is 15.5 Å². The molecule has 5 rings (SSSR count). The number of H-pyrrole nitrogens is 1. The summed E-state index contributed by atoms with van der Waals surface area (Å²) in [5.74, 6) is 0.783. The van der Waals surface area contributed by atoms with Crippen molar-refractivity contribution in [3.63, 3.8) is 0 Å². The molecule has 2 atom stereocenters. The highest BCUT2D eigenvalue weighted by molar-refractivity contribution is 7.84. The van der Waals surface area contributed by atoms with Crippen LogP contribution < -0.4 is 4.90 Å². The highest BCUT2D eigenvalue weighted by Gasteiger charge is 2.24. The van der Waals surface area contributed by atoms with Gasteiger partial charge in [0, 0.05) is 36.1 Å². The smallest absolute Gasteiger partial charge is 0.225 e. The van der Waals surface area contributed by atoms with Crippen molar-refractivity contribution in [2.45, 2.75) is 18.1 Å². The summed E-state index contributed by atoms with van der Waals surface area (Å²) in [7, 11) is -1.28. The predicted molar refractivity (Wildman–Crippen MR) is 106 cm³/mol. The van der Waals surface area contributed by atoms with Crippen LogP contribution in [0.25, 0.3) is 27.9 Å². The van der Waals surface area contributed by atoms with Crippen molar-refractivity contribution in [1.29, 1.82) is 0 Å². The number of aromatic amines is 1. The van der Waals surface area contributed by atoms with Crippen LogP contribution in [0.15, 0.2) is 35.9 Å². The van der Waals surface area contributed by atoms with E-state index < -0.39 is 10.8 Å². The second kappa shape index (κ2) is 6.64. The maximum absolute atomic E-state index is 12.2. The molecule has 10 heteroatoms. The maximum Gasteiger partial charge on any atom is 0.225 e. The van der Waals surface area contributed by atoms with Gasteiger partial charge in [-0.1, -0.05) is 0 Å². The van der Waals surface area contributed by atoms with E-state index in [0.29, 0.717) is 29.7 Å². The van der Waals surface area contributed by atoms with Gasteiger partial charge in [0.2, 0.25) is 5.16 Å². The van der Waals surface area contributed by atoms with Crippen LogP contribution in [0.3, 0.4) is 0 Å². The summed E-state index contributed by atoms with van der Waals surface area (Å²) in [6.07, 6.45) is 7.06. The summed E-state index contributed by atoms with van der Waals surface area (Å²) in [4.78, 5) is 14.6. The van der Waals surface area contributed by atoms with Crippen molar-refractivity contribution in [1.82, 2.24) is 29.5 Å². The van der Waals surface area contributed by atoms with Crippen molar-refractivity contribution >= 4 is 33.3 Å². The minimum absolute atomic E-state index is 0.184. The molecule has 0 aromatic carbocycles. The Labute approximate surface area is 163 Å². The SMILES string of the molecule is CC1COCCN1c1cn2c(S(C)=O)nnc2c(-c2ccnc3[nH]ccc23)n1. The van der Waals surface area contributed by atoms with E-state index in [0.717, 1.165) is 29.0 Å². The van der Waals surface area contributed by atoms with Gasteiger partial charge in [-0.05, 0) is 19.1 Å². The lowest BCUT2D eigenvalue weighted by Gasteiger charge is -2.34. The van der Waals surface area contributed by atoms with Gasteiger partial charge >= 0.3 is 0 Å². The van der Waals surface area contributed by atoms with E-state index in [1.807, 2.05) is 24.5 Å². The Hall–Kier alpha value is -2.85. The second-order valence-corrected chi connectivity index (χ2v) is 8.07. The molecule has 0 aliphatic carbocycles. The van der Waals surface area contributed by atoms with Crippen LogP contribution in [0, 0.1) is 0 Å². The summed E-state index contributed by atoms with van der Waals surface area (Å²) < 4.78 is 19.6. The fourth-order valence-electron chi connectivity index (χ4n) is 3.61. The minimum Gasteiger partial charge on any atom is -0.377 e. The molecule has 0 saturated carbocycles. The van der Waals surface area contributed by atoms with Crippen LogP contribution in [0.4, 0.5) is 5.82 Å². The molecular formula is C18H19N7O2S. The molecule has 0 radical (unpaired) electrons. The van der Waals surface area contributed by atoms with Crippen molar-refractivity contribution < 1.29 is 8.95 Å². The second-order valence-electron chi connectivity index (χ2n) is 6.79. The predicted octanol–water partition coefficient (Wildman–Crippen LogP) is 1.63. The number of rotatable bonds is 3. The summed E-state index contributed by atoms with van der Waals surface area (Å²) in [6.45, 7) is 4.13. The number of ether oxygens (including phenoxy) is 1. The topological polar surface area (TPSA) is 101 Å². The number of nitrogens with zero attached hydrogens (tertiary/aromatic N) is 6. The van der Waals surface area contributed by atoms with Gasteiger partial charge in [-0.3, -0.25) is 8.61 Å². The van der Waals surface area contributed by atoms with Gasteiger partial charge in [-0.2, -0.15) is 0 Å². The van der Waals surface area contributed by atoms with Crippen molar-refractivity contribution in [2.75, 3.05) is 30.9 Å². The minimum atomic E-state index is -1.28. The number of hydrogen-bond acceptors (Lipinski definition) is 7. The van der Waals surface area contributed by atoms with E-state index in [4.69, 9.17) is 9.72 Å². The van der Waals surface area contributed by atoms with Crippen LogP contribution in [-0.4, -0.2) is 65.8 Å². The number of anilines is 1.